The average Bonchev–Trinajstić information content (AvgIpc) is 3.02. The van der Waals surface area contributed by atoms with Gasteiger partial charge in [0, 0.05) is 14.2 Å². The molecule has 0 bridgehead atoms. The van der Waals surface area contributed by atoms with E-state index in [0.29, 0.717) is 0 Å². The van der Waals surface area contributed by atoms with Gasteiger partial charge >= 0.3 is 88.7 Å². The number of hydrogen-bond acceptors (Lipinski definition) is 21. The molecule has 3 heterocycles. The van der Waals surface area contributed by atoms with Crippen LogP contribution >= 0.6 is 0 Å². The summed E-state index contributed by atoms with van der Waals surface area (Å²) >= 11 is 0. The summed E-state index contributed by atoms with van der Waals surface area (Å²) in [6, 6.07) is 0. The van der Waals surface area contributed by atoms with E-state index in [9.17, 15) is 55.7 Å². The van der Waals surface area contributed by atoms with Crippen molar-refractivity contribution in [1.82, 2.24) is 0 Å². The van der Waals surface area contributed by atoms with Gasteiger partial charge in [-0.2, -0.15) is 0 Å². The smallest absolute Gasteiger partial charge is 0.723 e. The van der Waals surface area contributed by atoms with Crippen LogP contribution in [-0.4, -0.2) is 187 Å². The SMILES string of the molecule is COC1OC(COCC(=O)[O-])[C@@H](O[C@@H]2O[C@@H](C#CCO[O-])[C@@H](OC3OC(COCC(=O)[O-])[C@@H](OC)[C@H](O)[C@@H]3O)C(O)C2O)[C@H](O)[C@@H]1O.O.[Na+].[Na+].[Na+]. The molecule has 3 aliphatic rings. The Morgan fingerprint density at radius 1 is 0.647 bits per heavy atom. The number of ether oxygens (including phenoxy) is 9. The summed E-state index contributed by atoms with van der Waals surface area (Å²) in [5, 5.41) is 96.7. The minimum atomic E-state index is -2.03. The number of hydrogen-bond donors (Lipinski definition) is 6. The Morgan fingerprint density at radius 3 is 1.57 bits per heavy atom. The van der Waals surface area contributed by atoms with Gasteiger partial charge in [-0.3, -0.25) is 0 Å². The molecule has 0 aromatic rings. The number of carboxylic acids is 2. The molecule has 0 spiro atoms. The number of aliphatic carboxylic acids is 2. The van der Waals surface area contributed by atoms with Crippen molar-refractivity contribution in [2.75, 3.05) is 47.3 Å². The van der Waals surface area contributed by atoms with E-state index in [1.54, 1.807) is 0 Å². The molecule has 22 nitrogen and oxygen atoms in total. The minimum absolute atomic E-state index is 0. The summed E-state index contributed by atoms with van der Waals surface area (Å²) in [6.07, 6.45) is -24.9. The molecular weight excluding hydrogens is 733 g/mol. The van der Waals surface area contributed by atoms with E-state index >= 15 is 0 Å². The molecule has 6 unspecified atom stereocenters. The van der Waals surface area contributed by atoms with Crippen LogP contribution in [0.25, 0.3) is 0 Å². The van der Waals surface area contributed by atoms with Gasteiger partial charge in [0.15, 0.2) is 18.9 Å². The second-order valence-electron chi connectivity index (χ2n) is 10.4. The van der Waals surface area contributed by atoms with Gasteiger partial charge in [-0.1, -0.05) is 11.8 Å². The van der Waals surface area contributed by atoms with Crippen LogP contribution in [0, 0.1) is 11.8 Å². The van der Waals surface area contributed by atoms with Gasteiger partial charge < -0.3 is 109 Å². The second-order valence-corrected chi connectivity index (χ2v) is 10.4. The van der Waals surface area contributed by atoms with Gasteiger partial charge in [0.2, 0.25) is 0 Å². The number of carbonyl (C=O) groups excluding carboxylic acids is 2. The zero-order valence-corrected chi connectivity index (χ0v) is 34.5. The van der Waals surface area contributed by atoms with Crippen LogP contribution < -0.4 is 104 Å². The van der Waals surface area contributed by atoms with Crippen molar-refractivity contribution in [2.24, 2.45) is 0 Å². The Labute approximate surface area is 357 Å². The fourth-order valence-electron chi connectivity index (χ4n) is 5.06. The van der Waals surface area contributed by atoms with Gasteiger partial charge in [0.05, 0.1) is 45.0 Å². The molecule has 3 saturated heterocycles. The molecule has 0 aliphatic carbocycles. The van der Waals surface area contributed by atoms with E-state index in [1.165, 1.54) is 7.11 Å². The molecule has 0 aromatic heterocycles. The standard InChI is InChI=1S/C26H40O21.3Na.H2O/c1-38-21-11(6-40-8-13(27)28)45-26(19(35)15(21)31)46-22-10(4-3-5-42-37)43-25(20(36)17(22)33)47-23-12(7-41-9-14(29)30)44-24(39-2)18(34)16(23)32;;;;/h10-12,15-26,31-37H,5-9H2,1-2H3,(H,27,28)(H,29,30);;;;1H2/q;3*+1;/p-3/t10-,11?,12?,15+,16+,17?,18-,19-,20?,21+,22+,23+,24?,25-,26?;;;;/m0..../s1. The first kappa shape index (κ1) is 53.9. The van der Waals surface area contributed by atoms with Crippen molar-refractivity contribution in [1.29, 1.82) is 0 Å². The summed E-state index contributed by atoms with van der Waals surface area (Å²) in [6.45, 7) is -3.41. The Hall–Kier alpha value is 0.780. The molecule has 15 atom stereocenters. The van der Waals surface area contributed by atoms with Gasteiger partial charge in [-0.15, -0.1) is 0 Å². The van der Waals surface area contributed by atoms with Crippen LogP contribution in [0.5, 0.6) is 0 Å². The zero-order chi connectivity index (χ0) is 34.8. The van der Waals surface area contributed by atoms with E-state index in [2.05, 4.69) is 16.7 Å². The molecule has 0 aromatic carbocycles. The summed E-state index contributed by atoms with van der Waals surface area (Å²) in [5.41, 5.74) is 0. The fourth-order valence-corrected chi connectivity index (χ4v) is 5.06. The van der Waals surface area contributed by atoms with Gasteiger partial charge in [-0.05, 0) is 0 Å². The van der Waals surface area contributed by atoms with E-state index in [1.807, 2.05) is 0 Å². The van der Waals surface area contributed by atoms with Crippen molar-refractivity contribution in [3.05, 3.63) is 0 Å². The van der Waals surface area contributed by atoms with Gasteiger partial charge in [-0.25, -0.2) is 0 Å². The molecule has 8 N–H and O–H groups in total. The summed E-state index contributed by atoms with van der Waals surface area (Å²) in [5.74, 6) is 1.60. The molecule has 51 heavy (non-hydrogen) atoms. The third kappa shape index (κ3) is 15.0. The van der Waals surface area contributed by atoms with Crippen LogP contribution in [-0.2, 0) is 57.1 Å². The third-order valence-electron chi connectivity index (χ3n) is 7.29. The predicted octanol–water partition coefficient (Wildman–Crippen LogP) is -19.2. The normalized spacial score (nSPS) is 37.5. The summed E-state index contributed by atoms with van der Waals surface area (Å²) in [4.78, 5) is 25.2. The van der Waals surface area contributed by atoms with Crippen LogP contribution in [0.4, 0.5) is 0 Å². The van der Waals surface area contributed by atoms with Crippen molar-refractivity contribution in [3.8, 4) is 11.8 Å². The number of rotatable bonds is 15. The van der Waals surface area contributed by atoms with Crippen LogP contribution in [0.15, 0.2) is 0 Å². The number of methoxy groups -OCH3 is 2. The molecule has 278 valence electrons. The number of aliphatic hydroxyl groups is 6. The Bertz CT molecular complexity index is 1070. The summed E-state index contributed by atoms with van der Waals surface area (Å²) in [7, 11) is 2.34. The second kappa shape index (κ2) is 26.6. The van der Waals surface area contributed by atoms with E-state index in [-0.39, 0.29) is 94.1 Å². The quantitative estimate of drug-likeness (QED) is 0.0389. The first-order valence-corrected chi connectivity index (χ1v) is 14.0. The van der Waals surface area contributed by atoms with E-state index in [0.717, 1.165) is 7.11 Å². The van der Waals surface area contributed by atoms with Crippen LogP contribution in [0.2, 0.25) is 0 Å². The van der Waals surface area contributed by atoms with Gasteiger partial charge in [0.1, 0.15) is 73.2 Å². The molecule has 0 radical (unpaired) electrons. The Balaban J connectivity index is 0. The molecule has 3 aliphatic heterocycles. The fraction of sp³-hybridized carbons (Fsp3) is 0.846. The number of carboxylic acid groups (broad SMARTS) is 2. The van der Waals surface area contributed by atoms with E-state index < -0.39 is 137 Å². The van der Waals surface area contributed by atoms with Crippen LogP contribution in [0.3, 0.4) is 0 Å². The maximum atomic E-state index is 11.1. The maximum Gasteiger partial charge on any atom is 1.00 e. The van der Waals surface area contributed by atoms with Crippen molar-refractivity contribution in [2.45, 2.75) is 92.1 Å². The number of aliphatic hydroxyl groups excluding tert-OH is 6. The molecule has 0 amide bonds. The minimum Gasteiger partial charge on any atom is -0.723 e. The molecule has 3 rings (SSSR count). The molecular formula is C26H39Na3O22. The van der Waals surface area contributed by atoms with Crippen molar-refractivity contribution >= 4 is 11.9 Å². The van der Waals surface area contributed by atoms with Crippen LogP contribution in [0.1, 0.15) is 0 Å². The average molecular weight is 773 g/mol. The maximum absolute atomic E-state index is 11.1. The van der Waals surface area contributed by atoms with Crippen molar-refractivity contribution < 1.29 is 197 Å². The zero-order valence-electron chi connectivity index (χ0n) is 28.5. The Morgan fingerprint density at radius 2 is 1.08 bits per heavy atom. The monoisotopic (exact) mass is 772 g/mol. The molecule has 3 fully saturated rings. The Kier molecular flexibility index (Phi) is 28.1. The first-order chi connectivity index (χ1) is 22.3. The summed E-state index contributed by atoms with van der Waals surface area (Å²) < 4.78 is 48.3. The first-order valence-electron chi connectivity index (χ1n) is 14.0. The third-order valence-corrected chi connectivity index (χ3v) is 7.29. The largest absolute Gasteiger partial charge is 1.00 e. The van der Waals surface area contributed by atoms with E-state index in [4.69, 9.17) is 42.6 Å². The number of carbonyl (C=O) groups is 2. The van der Waals surface area contributed by atoms with Gasteiger partial charge in [0.25, 0.3) is 0 Å². The predicted molar refractivity (Wildman–Crippen MR) is 139 cm³/mol. The van der Waals surface area contributed by atoms with Crippen molar-refractivity contribution in [3.63, 3.8) is 0 Å². The molecule has 0 saturated carbocycles. The molecule has 25 heteroatoms. The topological polar surface area (TPSA) is 349 Å².